The van der Waals surface area contributed by atoms with Gasteiger partial charge in [0.25, 0.3) is 5.56 Å². The summed E-state index contributed by atoms with van der Waals surface area (Å²) in [5.74, 6) is 1.01. The highest BCUT2D eigenvalue weighted by molar-refractivity contribution is 5.78. The normalized spacial score (nSPS) is 11.9. The van der Waals surface area contributed by atoms with Gasteiger partial charge in [-0.3, -0.25) is 4.79 Å². The molecule has 2 heterocycles. The molecule has 0 aliphatic carbocycles. The first kappa shape index (κ1) is 27.7. The van der Waals surface area contributed by atoms with Gasteiger partial charge in [-0.25, -0.2) is 9.78 Å². The van der Waals surface area contributed by atoms with Gasteiger partial charge in [-0.2, -0.15) is 4.98 Å². The van der Waals surface area contributed by atoms with E-state index in [9.17, 15) is 14.7 Å². The Hall–Kier alpha value is -3.88. The van der Waals surface area contributed by atoms with Crippen molar-refractivity contribution in [2.24, 2.45) is 13.0 Å². The molecule has 1 atom stereocenters. The van der Waals surface area contributed by atoms with E-state index in [4.69, 9.17) is 9.72 Å². The van der Waals surface area contributed by atoms with Crippen molar-refractivity contribution in [1.29, 1.82) is 0 Å². The number of hydrogen-bond donors (Lipinski definition) is 2. The Bertz CT molecular complexity index is 1270. The van der Waals surface area contributed by atoms with Crippen LogP contribution in [0.15, 0.2) is 47.5 Å². The summed E-state index contributed by atoms with van der Waals surface area (Å²) in [5, 5.41) is 13.2. The molecule has 9 nitrogen and oxygen atoms in total. The maximum Gasteiger partial charge on any atom is 0.326 e. The zero-order chi connectivity index (χ0) is 27.1. The molecule has 0 amide bonds. The van der Waals surface area contributed by atoms with Crippen LogP contribution >= 0.6 is 0 Å². The van der Waals surface area contributed by atoms with Crippen molar-refractivity contribution >= 4 is 17.7 Å². The molecule has 0 fully saturated rings. The molecule has 0 aliphatic rings. The average Bonchev–Trinajstić information content (AvgIpc) is 2.87. The zero-order valence-corrected chi connectivity index (χ0v) is 22.5. The molecule has 0 bridgehead atoms. The van der Waals surface area contributed by atoms with Gasteiger partial charge in [-0.15, -0.1) is 0 Å². The molecule has 2 aromatic heterocycles. The van der Waals surface area contributed by atoms with E-state index in [-0.39, 0.29) is 12.0 Å². The standard InChI is InChI=1S/C28H37N5O4/c1-7-33(8-2)28-29-17-21(15-18(3)4)25(31-28)30-22(27(35)36)16-19-9-11-20(12-10-19)24-23(37-6)13-14-32(5)26(24)34/h9-14,17-18,22H,7-8,15-16H2,1-6H3,(H,35,36)(H,29,30,31)/t22-/m0/s1. The van der Waals surface area contributed by atoms with Gasteiger partial charge in [0.05, 0.1) is 12.7 Å². The van der Waals surface area contributed by atoms with Gasteiger partial charge in [0.2, 0.25) is 5.95 Å². The van der Waals surface area contributed by atoms with Crippen LogP contribution in [-0.4, -0.2) is 51.9 Å². The predicted molar refractivity (Wildman–Crippen MR) is 147 cm³/mol. The minimum absolute atomic E-state index is 0.164. The van der Waals surface area contributed by atoms with Gasteiger partial charge in [-0.05, 0) is 43.4 Å². The summed E-state index contributed by atoms with van der Waals surface area (Å²) in [6.07, 6.45) is 4.43. The van der Waals surface area contributed by atoms with Crippen LogP contribution in [0.4, 0.5) is 11.8 Å². The lowest BCUT2D eigenvalue weighted by atomic mass is 10.00. The number of aliphatic carboxylic acids is 1. The van der Waals surface area contributed by atoms with Crippen molar-refractivity contribution in [3.8, 4) is 16.9 Å². The van der Waals surface area contributed by atoms with E-state index in [1.54, 1.807) is 25.5 Å². The second kappa shape index (κ2) is 12.4. The summed E-state index contributed by atoms with van der Waals surface area (Å²) in [6, 6.07) is 8.18. The number of aryl methyl sites for hydroxylation is 1. The van der Waals surface area contributed by atoms with E-state index in [0.29, 0.717) is 34.6 Å². The fourth-order valence-electron chi connectivity index (χ4n) is 4.23. The van der Waals surface area contributed by atoms with Crippen LogP contribution in [0.2, 0.25) is 0 Å². The number of nitrogens with one attached hydrogen (secondary N) is 1. The maximum atomic E-state index is 12.7. The number of carboxylic acid groups (broad SMARTS) is 1. The van der Waals surface area contributed by atoms with E-state index in [0.717, 1.165) is 30.6 Å². The minimum atomic E-state index is -0.971. The largest absolute Gasteiger partial charge is 0.496 e. The number of pyridine rings is 1. The van der Waals surface area contributed by atoms with E-state index in [1.165, 1.54) is 11.7 Å². The summed E-state index contributed by atoms with van der Waals surface area (Å²) >= 11 is 0. The molecule has 3 rings (SSSR count). The molecule has 0 saturated heterocycles. The lowest BCUT2D eigenvalue weighted by Gasteiger charge is -2.23. The molecule has 198 valence electrons. The molecule has 1 aromatic carbocycles. The third-order valence-electron chi connectivity index (χ3n) is 6.27. The number of carbonyl (C=O) groups is 1. The lowest BCUT2D eigenvalue weighted by Crippen LogP contribution is -2.33. The highest BCUT2D eigenvalue weighted by atomic mass is 16.5. The van der Waals surface area contributed by atoms with Crippen LogP contribution in [0.5, 0.6) is 5.75 Å². The third kappa shape index (κ3) is 6.67. The van der Waals surface area contributed by atoms with Crippen molar-refractivity contribution < 1.29 is 14.6 Å². The van der Waals surface area contributed by atoms with Crippen LogP contribution in [0.1, 0.15) is 38.8 Å². The second-order valence-electron chi connectivity index (χ2n) is 9.43. The molecule has 9 heteroatoms. The monoisotopic (exact) mass is 507 g/mol. The van der Waals surface area contributed by atoms with Crippen LogP contribution in [0, 0.1) is 5.92 Å². The molecule has 0 spiro atoms. The summed E-state index contributed by atoms with van der Waals surface area (Å²) in [6.45, 7) is 9.78. The molecule has 2 N–H and O–H groups in total. The number of aromatic nitrogens is 3. The third-order valence-corrected chi connectivity index (χ3v) is 6.27. The first-order valence-corrected chi connectivity index (χ1v) is 12.6. The van der Waals surface area contributed by atoms with Gasteiger partial charge in [0, 0.05) is 44.5 Å². The second-order valence-corrected chi connectivity index (χ2v) is 9.43. The fourth-order valence-corrected chi connectivity index (χ4v) is 4.23. The molecule has 0 aliphatic heterocycles. The van der Waals surface area contributed by atoms with E-state index in [1.807, 2.05) is 43.0 Å². The number of anilines is 2. The zero-order valence-electron chi connectivity index (χ0n) is 22.5. The van der Waals surface area contributed by atoms with Gasteiger partial charge < -0.3 is 24.6 Å². The number of methoxy groups -OCH3 is 1. The number of carboxylic acids is 1. The molecule has 0 radical (unpaired) electrons. The molecule has 0 saturated carbocycles. The van der Waals surface area contributed by atoms with Crippen molar-refractivity contribution in [2.45, 2.75) is 46.6 Å². The van der Waals surface area contributed by atoms with Crippen LogP contribution in [0.3, 0.4) is 0 Å². The van der Waals surface area contributed by atoms with Crippen LogP contribution in [0.25, 0.3) is 11.1 Å². The first-order valence-electron chi connectivity index (χ1n) is 12.6. The summed E-state index contributed by atoms with van der Waals surface area (Å²) in [4.78, 5) is 36.2. The Morgan fingerprint density at radius 3 is 2.38 bits per heavy atom. The fraction of sp³-hybridized carbons (Fsp3) is 0.429. The smallest absolute Gasteiger partial charge is 0.326 e. The molecular formula is C28H37N5O4. The Balaban J connectivity index is 1.89. The summed E-state index contributed by atoms with van der Waals surface area (Å²) in [7, 11) is 3.22. The minimum Gasteiger partial charge on any atom is -0.496 e. The van der Waals surface area contributed by atoms with Gasteiger partial charge in [0.15, 0.2) is 0 Å². The molecule has 0 unspecified atom stereocenters. The summed E-state index contributed by atoms with van der Waals surface area (Å²) in [5.41, 5.74) is 2.72. The molecule has 3 aromatic rings. The van der Waals surface area contributed by atoms with Crippen molar-refractivity contribution in [3.63, 3.8) is 0 Å². The SMILES string of the molecule is CCN(CC)c1ncc(CC(C)C)c(N[C@@H](Cc2ccc(-c3c(OC)ccn(C)c3=O)cc2)C(=O)O)n1. The van der Waals surface area contributed by atoms with Gasteiger partial charge in [-0.1, -0.05) is 38.1 Å². The van der Waals surface area contributed by atoms with Crippen LogP contribution < -0.4 is 20.5 Å². The van der Waals surface area contributed by atoms with Crippen LogP contribution in [-0.2, 0) is 24.7 Å². The van der Waals surface area contributed by atoms with Crippen molar-refractivity contribution in [2.75, 3.05) is 30.4 Å². The van der Waals surface area contributed by atoms with E-state index >= 15 is 0 Å². The van der Waals surface area contributed by atoms with Crippen molar-refractivity contribution in [1.82, 2.24) is 14.5 Å². The van der Waals surface area contributed by atoms with E-state index in [2.05, 4.69) is 24.1 Å². The number of nitrogens with zero attached hydrogens (tertiary/aromatic N) is 4. The Kier molecular flexibility index (Phi) is 9.27. The number of benzene rings is 1. The quantitative estimate of drug-likeness (QED) is 0.379. The highest BCUT2D eigenvalue weighted by Gasteiger charge is 2.22. The lowest BCUT2D eigenvalue weighted by molar-refractivity contribution is -0.137. The molecular weight excluding hydrogens is 470 g/mol. The number of hydrogen-bond acceptors (Lipinski definition) is 7. The van der Waals surface area contributed by atoms with Gasteiger partial charge >= 0.3 is 5.97 Å². The van der Waals surface area contributed by atoms with E-state index < -0.39 is 12.0 Å². The van der Waals surface area contributed by atoms with Gasteiger partial charge in [0.1, 0.15) is 17.6 Å². The first-order chi connectivity index (χ1) is 17.7. The number of ether oxygens (including phenoxy) is 1. The average molecular weight is 508 g/mol. The number of rotatable bonds is 12. The summed E-state index contributed by atoms with van der Waals surface area (Å²) < 4.78 is 6.89. The predicted octanol–water partition coefficient (Wildman–Crippen LogP) is 4.00. The molecule has 37 heavy (non-hydrogen) atoms. The topological polar surface area (TPSA) is 110 Å². The Morgan fingerprint density at radius 2 is 1.81 bits per heavy atom. The highest BCUT2D eigenvalue weighted by Crippen LogP contribution is 2.27. The maximum absolute atomic E-state index is 12.7. The van der Waals surface area contributed by atoms with Crippen molar-refractivity contribution in [3.05, 3.63) is 64.2 Å². The Morgan fingerprint density at radius 1 is 1.14 bits per heavy atom. The Labute approximate surface area is 218 Å².